The number of hydrogen-bond acceptors (Lipinski definition) is 2. The SMILES string of the molecule is C/C=C/Nc1ncccc1Br. The van der Waals surface area contributed by atoms with Crippen LogP contribution in [0.4, 0.5) is 5.82 Å². The van der Waals surface area contributed by atoms with Gasteiger partial charge in [-0.25, -0.2) is 4.98 Å². The van der Waals surface area contributed by atoms with E-state index in [1.54, 1.807) is 6.20 Å². The van der Waals surface area contributed by atoms with Gasteiger partial charge in [0.15, 0.2) is 0 Å². The molecule has 1 aromatic heterocycles. The van der Waals surface area contributed by atoms with E-state index in [0.717, 1.165) is 10.3 Å². The Bertz CT molecular complexity index is 258. The maximum Gasteiger partial charge on any atom is 0.144 e. The first-order valence-electron chi connectivity index (χ1n) is 3.33. The lowest BCUT2D eigenvalue weighted by molar-refractivity contribution is 1.29. The predicted molar refractivity (Wildman–Crippen MR) is 50.4 cm³/mol. The monoisotopic (exact) mass is 212 g/mol. The number of allylic oxidation sites excluding steroid dienone is 1. The molecular weight excluding hydrogens is 204 g/mol. The lowest BCUT2D eigenvalue weighted by Crippen LogP contribution is -1.90. The van der Waals surface area contributed by atoms with Gasteiger partial charge in [-0.1, -0.05) is 6.08 Å². The molecule has 0 fully saturated rings. The number of nitrogens with zero attached hydrogens (tertiary/aromatic N) is 1. The molecule has 0 saturated heterocycles. The Hall–Kier alpha value is -0.830. The van der Waals surface area contributed by atoms with Crippen LogP contribution in [0.2, 0.25) is 0 Å². The standard InChI is InChI=1S/C8H9BrN2/c1-2-5-10-8-7(9)4-3-6-11-8/h2-6H,1H3,(H,10,11)/b5-2+. The van der Waals surface area contributed by atoms with Crippen molar-refractivity contribution in [1.82, 2.24) is 4.98 Å². The van der Waals surface area contributed by atoms with Crippen LogP contribution in [0, 0.1) is 0 Å². The summed E-state index contributed by atoms with van der Waals surface area (Å²) in [4.78, 5) is 4.11. The third kappa shape index (κ3) is 2.35. The number of halogens is 1. The van der Waals surface area contributed by atoms with E-state index in [-0.39, 0.29) is 0 Å². The Morgan fingerprint density at radius 3 is 3.09 bits per heavy atom. The van der Waals surface area contributed by atoms with E-state index in [2.05, 4.69) is 26.2 Å². The van der Waals surface area contributed by atoms with Crippen molar-refractivity contribution >= 4 is 21.7 Å². The van der Waals surface area contributed by atoms with E-state index in [4.69, 9.17) is 0 Å². The molecule has 0 aliphatic rings. The summed E-state index contributed by atoms with van der Waals surface area (Å²) in [6, 6.07) is 3.82. The third-order valence-electron chi connectivity index (χ3n) is 1.15. The highest BCUT2D eigenvalue weighted by atomic mass is 79.9. The highest BCUT2D eigenvalue weighted by Gasteiger charge is 1.94. The fraction of sp³-hybridized carbons (Fsp3) is 0.125. The zero-order valence-electron chi connectivity index (χ0n) is 6.21. The molecule has 11 heavy (non-hydrogen) atoms. The number of aromatic nitrogens is 1. The molecule has 0 amide bonds. The van der Waals surface area contributed by atoms with Crippen LogP contribution in [-0.4, -0.2) is 4.98 Å². The first-order valence-corrected chi connectivity index (χ1v) is 4.12. The molecule has 0 saturated carbocycles. The number of nitrogens with one attached hydrogen (secondary N) is 1. The van der Waals surface area contributed by atoms with Crippen molar-refractivity contribution in [3.63, 3.8) is 0 Å². The van der Waals surface area contributed by atoms with Gasteiger partial charge in [0.05, 0.1) is 4.47 Å². The van der Waals surface area contributed by atoms with Crippen LogP contribution >= 0.6 is 15.9 Å². The molecule has 1 aromatic rings. The van der Waals surface area contributed by atoms with E-state index >= 15 is 0 Å². The Morgan fingerprint density at radius 2 is 2.45 bits per heavy atom. The van der Waals surface area contributed by atoms with E-state index in [1.807, 2.05) is 31.3 Å². The fourth-order valence-corrected chi connectivity index (χ4v) is 1.02. The second-order valence-corrected chi connectivity index (χ2v) is 2.83. The zero-order chi connectivity index (χ0) is 8.10. The van der Waals surface area contributed by atoms with Crippen LogP contribution < -0.4 is 5.32 Å². The van der Waals surface area contributed by atoms with Gasteiger partial charge in [-0.2, -0.15) is 0 Å². The van der Waals surface area contributed by atoms with Crippen molar-refractivity contribution in [2.24, 2.45) is 0 Å². The fourth-order valence-electron chi connectivity index (χ4n) is 0.654. The van der Waals surface area contributed by atoms with Crippen LogP contribution in [-0.2, 0) is 0 Å². The maximum absolute atomic E-state index is 4.11. The number of anilines is 1. The van der Waals surface area contributed by atoms with Crippen LogP contribution in [0.25, 0.3) is 0 Å². The second-order valence-electron chi connectivity index (χ2n) is 1.98. The van der Waals surface area contributed by atoms with Crippen molar-refractivity contribution in [2.75, 3.05) is 5.32 Å². The van der Waals surface area contributed by atoms with Crippen molar-refractivity contribution in [3.8, 4) is 0 Å². The summed E-state index contributed by atoms with van der Waals surface area (Å²) in [7, 11) is 0. The van der Waals surface area contributed by atoms with Gasteiger partial charge in [-0.05, 0) is 41.2 Å². The van der Waals surface area contributed by atoms with Gasteiger partial charge in [0.1, 0.15) is 5.82 Å². The summed E-state index contributed by atoms with van der Waals surface area (Å²) >= 11 is 3.37. The Balaban J connectivity index is 2.77. The third-order valence-corrected chi connectivity index (χ3v) is 1.79. The highest BCUT2D eigenvalue weighted by Crippen LogP contribution is 2.17. The molecule has 0 radical (unpaired) electrons. The molecule has 0 aromatic carbocycles. The molecule has 2 nitrogen and oxygen atoms in total. The molecule has 58 valence electrons. The lowest BCUT2D eigenvalue weighted by atomic mass is 10.5. The summed E-state index contributed by atoms with van der Waals surface area (Å²) in [6.45, 7) is 1.95. The average Bonchev–Trinajstić information content (AvgIpc) is 2.03. The molecule has 0 spiro atoms. The maximum atomic E-state index is 4.11. The van der Waals surface area contributed by atoms with Crippen molar-refractivity contribution in [1.29, 1.82) is 0 Å². The summed E-state index contributed by atoms with van der Waals surface area (Å²) < 4.78 is 0.970. The van der Waals surface area contributed by atoms with Gasteiger partial charge in [0.25, 0.3) is 0 Å². The minimum Gasteiger partial charge on any atom is -0.346 e. The molecule has 0 unspecified atom stereocenters. The van der Waals surface area contributed by atoms with Crippen molar-refractivity contribution < 1.29 is 0 Å². The first-order chi connectivity index (χ1) is 5.34. The van der Waals surface area contributed by atoms with E-state index in [0.29, 0.717) is 0 Å². The molecule has 0 aliphatic carbocycles. The van der Waals surface area contributed by atoms with Gasteiger partial charge < -0.3 is 5.32 Å². The minimum atomic E-state index is 0.839. The van der Waals surface area contributed by atoms with E-state index < -0.39 is 0 Å². The number of pyridine rings is 1. The molecule has 0 bridgehead atoms. The lowest BCUT2D eigenvalue weighted by Gasteiger charge is -2.00. The largest absolute Gasteiger partial charge is 0.346 e. The molecule has 1 heterocycles. The topological polar surface area (TPSA) is 24.9 Å². The normalized spacial score (nSPS) is 10.4. The summed E-state index contributed by atoms with van der Waals surface area (Å²) in [5.41, 5.74) is 0. The second kappa shape index (κ2) is 4.13. The Kier molecular flexibility index (Phi) is 3.11. The van der Waals surface area contributed by atoms with Crippen molar-refractivity contribution in [2.45, 2.75) is 6.92 Å². The highest BCUT2D eigenvalue weighted by molar-refractivity contribution is 9.10. The summed E-state index contributed by atoms with van der Waals surface area (Å²) in [5, 5.41) is 3.02. The van der Waals surface area contributed by atoms with Gasteiger partial charge in [0.2, 0.25) is 0 Å². The number of rotatable bonds is 2. The zero-order valence-corrected chi connectivity index (χ0v) is 7.80. The first kappa shape index (κ1) is 8.27. The summed E-state index contributed by atoms with van der Waals surface area (Å²) in [5.74, 6) is 0.839. The molecular formula is C8H9BrN2. The van der Waals surface area contributed by atoms with Crippen molar-refractivity contribution in [3.05, 3.63) is 35.1 Å². The van der Waals surface area contributed by atoms with Crippen LogP contribution in [0.5, 0.6) is 0 Å². The van der Waals surface area contributed by atoms with Crippen LogP contribution in [0.1, 0.15) is 6.92 Å². The minimum absolute atomic E-state index is 0.839. The van der Waals surface area contributed by atoms with E-state index in [9.17, 15) is 0 Å². The summed E-state index contributed by atoms with van der Waals surface area (Å²) in [6.07, 6.45) is 5.50. The Morgan fingerprint density at radius 1 is 1.64 bits per heavy atom. The van der Waals surface area contributed by atoms with Crippen LogP contribution in [0.3, 0.4) is 0 Å². The molecule has 0 aliphatic heterocycles. The van der Waals surface area contributed by atoms with Crippen LogP contribution in [0.15, 0.2) is 35.1 Å². The Labute approximate surface area is 74.5 Å². The van der Waals surface area contributed by atoms with Gasteiger partial charge in [0, 0.05) is 6.20 Å². The smallest absolute Gasteiger partial charge is 0.144 e. The van der Waals surface area contributed by atoms with Gasteiger partial charge in [-0.3, -0.25) is 0 Å². The molecule has 0 atom stereocenters. The predicted octanol–water partition coefficient (Wildman–Crippen LogP) is 2.79. The average molecular weight is 213 g/mol. The van der Waals surface area contributed by atoms with Gasteiger partial charge in [-0.15, -0.1) is 0 Å². The number of hydrogen-bond donors (Lipinski definition) is 1. The quantitative estimate of drug-likeness (QED) is 0.816. The van der Waals surface area contributed by atoms with Gasteiger partial charge >= 0.3 is 0 Å². The molecule has 1 rings (SSSR count). The molecule has 3 heteroatoms. The van der Waals surface area contributed by atoms with E-state index in [1.165, 1.54) is 0 Å². The molecule has 1 N–H and O–H groups in total.